The Kier molecular flexibility index (Phi) is 9.81. The highest BCUT2D eigenvalue weighted by Gasteiger charge is 2.23. The van der Waals surface area contributed by atoms with E-state index in [2.05, 4.69) is 20.8 Å². The van der Waals surface area contributed by atoms with E-state index in [1.807, 2.05) is 13.8 Å². The van der Waals surface area contributed by atoms with E-state index in [0.29, 0.717) is 42.4 Å². The van der Waals surface area contributed by atoms with Gasteiger partial charge in [0.05, 0.1) is 37.0 Å². The zero-order valence-corrected chi connectivity index (χ0v) is 21.0. The van der Waals surface area contributed by atoms with E-state index in [4.69, 9.17) is 9.47 Å². The predicted molar refractivity (Wildman–Crippen MR) is 131 cm³/mol. The van der Waals surface area contributed by atoms with Gasteiger partial charge in [-0.05, 0) is 44.5 Å². The lowest BCUT2D eigenvalue weighted by molar-refractivity contribution is 0.287. The average Bonchev–Trinajstić information content (AvgIpc) is 2.73. The van der Waals surface area contributed by atoms with Crippen molar-refractivity contribution in [3.8, 4) is 11.5 Å². The first-order valence-corrected chi connectivity index (χ1v) is 14.2. The zero-order chi connectivity index (χ0) is 24.5. The number of hydrogen-bond donors (Lipinski definition) is 3. The normalized spacial score (nSPS) is 12.7. The van der Waals surface area contributed by atoms with Gasteiger partial charge in [0.2, 0.25) is 20.0 Å². The van der Waals surface area contributed by atoms with Crippen LogP contribution in [-0.2, 0) is 20.0 Å². The van der Waals surface area contributed by atoms with Crippen LogP contribution in [0.5, 0.6) is 11.5 Å². The van der Waals surface area contributed by atoms with Crippen LogP contribution in [0.4, 0.5) is 11.4 Å². The van der Waals surface area contributed by atoms with E-state index in [1.54, 1.807) is 43.3 Å². The molecule has 2 rings (SSSR count). The number of anilines is 2. The van der Waals surface area contributed by atoms with Crippen LogP contribution >= 0.6 is 0 Å². The van der Waals surface area contributed by atoms with Crippen LogP contribution in [0.2, 0.25) is 0 Å². The third kappa shape index (κ3) is 8.75. The van der Waals surface area contributed by atoms with Gasteiger partial charge < -0.3 is 14.8 Å². The van der Waals surface area contributed by atoms with E-state index >= 15 is 0 Å². The van der Waals surface area contributed by atoms with Gasteiger partial charge in [-0.15, -0.1) is 0 Å². The van der Waals surface area contributed by atoms with Gasteiger partial charge in [0.1, 0.15) is 0 Å². The molecule has 0 aliphatic heterocycles. The predicted octanol–water partition coefficient (Wildman–Crippen LogP) is 3.14. The molecule has 1 radical (unpaired) electrons. The minimum atomic E-state index is -3.63. The Morgan fingerprint density at radius 3 is 2.12 bits per heavy atom. The Morgan fingerprint density at radius 2 is 1.58 bits per heavy atom. The second-order valence-electron chi connectivity index (χ2n) is 7.28. The number of benzene rings is 2. The Balaban J connectivity index is 2.59. The lowest BCUT2D eigenvalue weighted by Crippen LogP contribution is -2.33. The van der Waals surface area contributed by atoms with Crippen LogP contribution in [0.25, 0.3) is 0 Å². The van der Waals surface area contributed by atoms with E-state index in [-0.39, 0.29) is 18.0 Å². The molecule has 2 aromatic rings. The molecule has 1 unspecified atom stereocenters. The van der Waals surface area contributed by atoms with Gasteiger partial charge in [-0.1, -0.05) is 19.1 Å². The molecule has 183 valence electrons. The molecule has 0 bridgehead atoms. The summed E-state index contributed by atoms with van der Waals surface area (Å²) in [5.41, 5.74) is 1.48. The summed E-state index contributed by atoms with van der Waals surface area (Å²) in [7, 11) is -7.14. The maximum Gasteiger partial charge on any atom is 0.229 e. The van der Waals surface area contributed by atoms with Crippen molar-refractivity contribution in [2.45, 2.75) is 33.2 Å². The molecule has 0 heterocycles. The molecule has 9 nitrogen and oxygen atoms in total. The summed E-state index contributed by atoms with van der Waals surface area (Å²) in [6.45, 7) is 6.13. The molecule has 0 amide bonds. The topological polar surface area (TPSA) is 123 Å². The standard InChI is InChI=1S/C22H32N3O6S2/c1-5-13-33(28,29)23-16-20(24-17-11-9-8-10-12-17)18-14-21(30-6-2)22(31-7-3)15-19(18)25-32(4,26)27/h9-12,14-15,20,23-25H,5-7,13,16H2,1-4H3. The van der Waals surface area contributed by atoms with Crippen molar-refractivity contribution in [1.82, 2.24) is 4.72 Å². The van der Waals surface area contributed by atoms with Crippen LogP contribution in [0.1, 0.15) is 38.8 Å². The first kappa shape index (κ1) is 26.7. The highest BCUT2D eigenvalue weighted by Crippen LogP contribution is 2.38. The molecule has 33 heavy (non-hydrogen) atoms. The van der Waals surface area contributed by atoms with Crippen molar-refractivity contribution < 1.29 is 26.3 Å². The molecule has 0 aliphatic rings. The molecule has 0 fully saturated rings. The number of nitrogens with one attached hydrogen (secondary N) is 3. The maximum atomic E-state index is 12.3. The molecule has 0 saturated heterocycles. The Labute approximate surface area is 197 Å². The molecular formula is C22H32N3O6S2. The summed E-state index contributed by atoms with van der Waals surface area (Å²) in [6, 6.07) is 12.5. The Morgan fingerprint density at radius 1 is 0.970 bits per heavy atom. The van der Waals surface area contributed by atoms with Crippen molar-refractivity contribution in [2.75, 3.05) is 41.8 Å². The summed E-state index contributed by atoms with van der Waals surface area (Å²) < 4.78 is 65.4. The fourth-order valence-electron chi connectivity index (χ4n) is 3.16. The van der Waals surface area contributed by atoms with E-state index in [1.165, 1.54) is 0 Å². The van der Waals surface area contributed by atoms with Crippen LogP contribution in [0.15, 0.2) is 36.4 Å². The number of ether oxygens (including phenoxy) is 2. The molecule has 1 atom stereocenters. The lowest BCUT2D eigenvalue weighted by Gasteiger charge is -2.25. The lowest BCUT2D eigenvalue weighted by atomic mass is 10.0. The largest absolute Gasteiger partial charge is 0.490 e. The van der Waals surface area contributed by atoms with Gasteiger partial charge in [0.25, 0.3) is 0 Å². The van der Waals surface area contributed by atoms with Crippen molar-refractivity contribution in [1.29, 1.82) is 0 Å². The molecule has 2 aromatic carbocycles. The molecule has 11 heteroatoms. The van der Waals surface area contributed by atoms with Crippen LogP contribution in [0, 0.1) is 6.07 Å². The van der Waals surface area contributed by atoms with Crippen LogP contribution < -0.4 is 24.2 Å². The van der Waals surface area contributed by atoms with Gasteiger partial charge in [0.15, 0.2) is 11.5 Å². The fraction of sp³-hybridized carbons (Fsp3) is 0.455. The molecule has 0 aliphatic carbocycles. The van der Waals surface area contributed by atoms with Gasteiger partial charge >= 0.3 is 0 Å². The van der Waals surface area contributed by atoms with E-state index in [9.17, 15) is 16.8 Å². The highest BCUT2D eigenvalue weighted by atomic mass is 32.2. The monoisotopic (exact) mass is 498 g/mol. The van der Waals surface area contributed by atoms with Gasteiger partial charge in [-0.25, -0.2) is 21.6 Å². The average molecular weight is 499 g/mol. The quantitative estimate of drug-likeness (QED) is 0.366. The molecular weight excluding hydrogens is 466 g/mol. The van der Waals surface area contributed by atoms with Gasteiger partial charge in [-0.3, -0.25) is 4.72 Å². The summed E-state index contributed by atoms with van der Waals surface area (Å²) in [5.74, 6) is 0.800. The maximum absolute atomic E-state index is 12.3. The summed E-state index contributed by atoms with van der Waals surface area (Å²) in [5, 5.41) is 3.28. The summed E-state index contributed by atoms with van der Waals surface area (Å²) >= 11 is 0. The number of rotatable bonds is 14. The number of hydrogen-bond acceptors (Lipinski definition) is 7. The molecule has 0 saturated carbocycles. The first-order chi connectivity index (χ1) is 15.6. The Hall–Kier alpha value is -2.50. The summed E-state index contributed by atoms with van der Waals surface area (Å²) in [6.07, 6.45) is 1.52. The second kappa shape index (κ2) is 12.1. The van der Waals surface area contributed by atoms with E-state index < -0.39 is 26.1 Å². The van der Waals surface area contributed by atoms with Gasteiger partial charge in [-0.2, -0.15) is 0 Å². The first-order valence-electron chi connectivity index (χ1n) is 10.7. The zero-order valence-electron chi connectivity index (χ0n) is 19.3. The highest BCUT2D eigenvalue weighted by molar-refractivity contribution is 7.92. The molecule has 0 aromatic heterocycles. The van der Waals surface area contributed by atoms with Crippen molar-refractivity contribution in [3.63, 3.8) is 0 Å². The minimum Gasteiger partial charge on any atom is -0.490 e. The molecule has 0 spiro atoms. The van der Waals surface area contributed by atoms with E-state index in [0.717, 1.165) is 6.26 Å². The SMILES string of the molecule is CCCS(=O)(=O)NCC(Nc1cc[c]cc1)c1cc(OCC)c(OCC)cc1NS(C)(=O)=O. The van der Waals surface area contributed by atoms with Crippen LogP contribution in [-0.4, -0.2) is 48.6 Å². The third-order valence-corrected chi connectivity index (χ3v) is 6.57. The van der Waals surface area contributed by atoms with Crippen LogP contribution in [0.3, 0.4) is 0 Å². The Bertz CT molecular complexity index is 1110. The van der Waals surface area contributed by atoms with Crippen molar-refractivity contribution in [2.24, 2.45) is 0 Å². The molecule has 3 N–H and O–H groups in total. The number of sulfonamides is 2. The fourth-order valence-corrected chi connectivity index (χ4v) is 4.84. The summed E-state index contributed by atoms with van der Waals surface area (Å²) in [4.78, 5) is 0. The minimum absolute atomic E-state index is 0.0120. The second-order valence-corrected chi connectivity index (χ2v) is 11.0. The van der Waals surface area contributed by atoms with Gasteiger partial charge in [0, 0.05) is 23.9 Å². The smallest absolute Gasteiger partial charge is 0.229 e. The van der Waals surface area contributed by atoms with Crippen molar-refractivity contribution >= 4 is 31.4 Å². The van der Waals surface area contributed by atoms with Crippen molar-refractivity contribution in [3.05, 3.63) is 48.0 Å². The third-order valence-electron chi connectivity index (χ3n) is 4.43.